The molecule has 0 aromatic heterocycles. The van der Waals surface area contributed by atoms with Crippen LogP contribution in [0, 0.1) is 11.6 Å². The second-order valence-electron chi connectivity index (χ2n) is 5.46. The van der Waals surface area contributed by atoms with Crippen molar-refractivity contribution in [1.29, 1.82) is 0 Å². The Bertz CT molecular complexity index is 837. The maximum absolute atomic E-state index is 13.1. The van der Waals surface area contributed by atoms with Gasteiger partial charge in [0.05, 0.1) is 11.9 Å². The molecule has 2 aromatic rings. The van der Waals surface area contributed by atoms with Crippen molar-refractivity contribution in [2.24, 2.45) is 0 Å². The second kappa shape index (κ2) is 7.60. The van der Waals surface area contributed by atoms with Crippen LogP contribution in [0.1, 0.15) is 13.3 Å². The fraction of sp³-hybridized carbons (Fsp3) is 0.235. The Kier molecular flexibility index (Phi) is 5.73. The van der Waals surface area contributed by atoms with Gasteiger partial charge < -0.3 is 5.32 Å². The lowest BCUT2D eigenvalue weighted by atomic mass is 10.1. The van der Waals surface area contributed by atoms with Gasteiger partial charge in [0.1, 0.15) is 17.7 Å². The Morgan fingerprint density at radius 2 is 1.52 bits per heavy atom. The monoisotopic (exact) mass is 368 g/mol. The van der Waals surface area contributed by atoms with Gasteiger partial charge in [0.2, 0.25) is 15.9 Å². The first-order valence-electron chi connectivity index (χ1n) is 7.53. The van der Waals surface area contributed by atoms with Crippen molar-refractivity contribution in [3.05, 3.63) is 60.2 Å². The van der Waals surface area contributed by atoms with Crippen LogP contribution in [0.4, 0.5) is 20.2 Å². The molecule has 0 saturated heterocycles. The SMILES string of the molecule is CC[C@H](C(=O)Nc1ccc(F)cc1)N(c1ccc(F)cc1)S(C)(=O)=O. The molecule has 5 nitrogen and oxygen atoms in total. The zero-order valence-corrected chi connectivity index (χ0v) is 14.6. The van der Waals surface area contributed by atoms with Crippen LogP contribution < -0.4 is 9.62 Å². The molecule has 0 saturated carbocycles. The number of carbonyl (C=O) groups excluding carboxylic acids is 1. The molecule has 25 heavy (non-hydrogen) atoms. The number of sulfonamides is 1. The first-order chi connectivity index (χ1) is 11.7. The van der Waals surface area contributed by atoms with Crippen molar-refractivity contribution in [2.75, 3.05) is 15.9 Å². The molecule has 1 atom stereocenters. The summed E-state index contributed by atoms with van der Waals surface area (Å²) in [6.07, 6.45) is 1.17. The average molecular weight is 368 g/mol. The summed E-state index contributed by atoms with van der Waals surface area (Å²) in [5.74, 6) is -1.53. The van der Waals surface area contributed by atoms with E-state index in [1.54, 1.807) is 6.92 Å². The van der Waals surface area contributed by atoms with Crippen LogP contribution in [0.15, 0.2) is 48.5 Å². The number of hydrogen-bond donors (Lipinski definition) is 1. The lowest BCUT2D eigenvalue weighted by Gasteiger charge is -2.30. The van der Waals surface area contributed by atoms with Gasteiger partial charge in [-0.1, -0.05) is 6.92 Å². The maximum Gasteiger partial charge on any atom is 0.248 e. The normalized spacial score (nSPS) is 12.5. The molecular weight excluding hydrogens is 350 g/mol. The van der Waals surface area contributed by atoms with E-state index in [1.807, 2.05) is 0 Å². The number of rotatable bonds is 6. The Labute approximate surface area is 145 Å². The van der Waals surface area contributed by atoms with Crippen molar-refractivity contribution in [2.45, 2.75) is 19.4 Å². The molecule has 0 radical (unpaired) electrons. The van der Waals surface area contributed by atoms with E-state index >= 15 is 0 Å². The van der Waals surface area contributed by atoms with Crippen LogP contribution in [-0.2, 0) is 14.8 Å². The minimum atomic E-state index is -3.80. The fourth-order valence-electron chi connectivity index (χ4n) is 2.41. The van der Waals surface area contributed by atoms with Crippen LogP contribution in [0.25, 0.3) is 0 Å². The molecular formula is C17H18F2N2O3S. The van der Waals surface area contributed by atoms with Crippen LogP contribution in [0.2, 0.25) is 0 Å². The third-order valence-corrected chi connectivity index (χ3v) is 4.70. The third-order valence-electron chi connectivity index (χ3n) is 3.52. The van der Waals surface area contributed by atoms with E-state index in [-0.39, 0.29) is 12.1 Å². The standard InChI is InChI=1S/C17H18F2N2O3S/c1-3-16(17(22)20-14-8-4-12(18)5-9-14)21(25(2,23)24)15-10-6-13(19)7-11-15/h4-11,16H,3H2,1-2H3,(H,20,22)/t16-/m1/s1. The molecule has 0 heterocycles. The Hall–Kier alpha value is -2.48. The Morgan fingerprint density at radius 1 is 1.04 bits per heavy atom. The molecule has 8 heteroatoms. The molecule has 0 bridgehead atoms. The number of amides is 1. The highest BCUT2D eigenvalue weighted by molar-refractivity contribution is 7.92. The molecule has 0 aliphatic carbocycles. The van der Waals surface area contributed by atoms with Crippen molar-refractivity contribution in [1.82, 2.24) is 0 Å². The van der Waals surface area contributed by atoms with E-state index in [4.69, 9.17) is 0 Å². The van der Waals surface area contributed by atoms with Crippen molar-refractivity contribution >= 4 is 27.3 Å². The molecule has 1 amide bonds. The molecule has 0 aliphatic rings. The van der Waals surface area contributed by atoms with E-state index in [0.29, 0.717) is 5.69 Å². The van der Waals surface area contributed by atoms with Crippen molar-refractivity contribution < 1.29 is 22.0 Å². The predicted octanol–water partition coefficient (Wildman–Crippen LogP) is 3.15. The molecule has 0 fully saturated rings. The zero-order chi connectivity index (χ0) is 18.6. The van der Waals surface area contributed by atoms with Gasteiger partial charge in [0.25, 0.3) is 0 Å². The number of nitrogens with one attached hydrogen (secondary N) is 1. The summed E-state index contributed by atoms with van der Waals surface area (Å²) in [6, 6.07) is 8.93. The molecule has 0 spiro atoms. The Balaban J connectivity index is 2.34. The van der Waals surface area contributed by atoms with Gasteiger partial charge in [-0.2, -0.15) is 0 Å². The Morgan fingerprint density at radius 3 is 1.96 bits per heavy atom. The number of nitrogens with zero attached hydrogens (tertiary/aromatic N) is 1. The van der Waals surface area contributed by atoms with E-state index in [2.05, 4.69) is 5.32 Å². The summed E-state index contributed by atoms with van der Waals surface area (Å²) in [6.45, 7) is 1.66. The van der Waals surface area contributed by atoms with E-state index in [9.17, 15) is 22.0 Å². The van der Waals surface area contributed by atoms with Gasteiger partial charge in [0, 0.05) is 5.69 Å². The number of halogens is 2. The fourth-order valence-corrected chi connectivity index (χ4v) is 3.62. The molecule has 0 aliphatic heterocycles. The molecule has 2 rings (SSSR count). The molecule has 2 aromatic carbocycles. The van der Waals surface area contributed by atoms with Crippen LogP contribution >= 0.6 is 0 Å². The van der Waals surface area contributed by atoms with Crippen LogP contribution in [0.3, 0.4) is 0 Å². The summed E-state index contributed by atoms with van der Waals surface area (Å²) >= 11 is 0. The summed E-state index contributed by atoms with van der Waals surface area (Å²) in [7, 11) is -3.80. The zero-order valence-electron chi connectivity index (χ0n) is 13.7. The average Bonchev–Trinajstić information content (AvgIpc) is 2.54. The highest BCUT2D eigenvalue weighted by Crippen LogP contribution is 2.23. The largest absolute Gasteiger partial charge is 0.324 e. The van der Waals surface area contributed by atoms with Gasteiger partial charge in [-0.15, -0.1) is 0 Å². The van der Waals surface area contributed by atoms with Gasteiger partial charge in [-0.25, -0.2) is 17.2 Å². The van der Waals surface area contributed by atoms with E-state index in [0.717, 1.165) is 22.7 Å². The summed E-state index contributed by atoms with van der Waals surface area (Å²) in [5, 5.41) is 2.57. The highest BCUT2D eigenvalue weighted by atomic mass is 32.2. The first kappa shape index (κ1) is 18.9. The van der Waals surface area contributed by atoms with Crippen LogP contribution in [-0.4, -0.2) is 26.6 Å². The molecule has 0 unspecified atom stereocenters. The maximum atomic E-state index is 13.1. The van der Waals surface area contributed by atoms with Gasteiger partial charge in [-0.3, -0.25) is 9.10 Å². The lowest BCUT2D eigenvalue weighted by molar-refractivity contribution is -0.117. The quantitative estimate of drug-likeness (QED) is 0.852. The summed E-state index contributed by atoms with van der Waals surface area (Å²) in [5.41, 5.74) is 0.530. The van der Waals surface area contributed by atoms with Crippen molar-refractivity contribution in [3.63, 3.8) is 0 Å². The first-order valence-corrected chi connectivity index (χ1v) is 9.38. The summed E-state index contributed by atoms with van der Waals surface area (Å²) in [4.78, 5) is 12.6. The van der Waals surface area contributed by atoms with E-state index < -0.39 is 33.6 Å². The topological polar surface area (TPSA) is 66.5 Å². The number of carbonyl (C=O) groups is 1. The van der Waals surface area contributed by atoms with Gasteiger partial charge in [-0.05, 0) is 55.0 Å². The minimum absolute atomic E-state index is 0.185. The smallest absolute Gasteiger partial charge is 0.248 e. The van der Waals surface area contributed by atoms with Crippen LogP contribution in [0.5, 0.6) is 0 Å². The predicted molar refractivity (Wildman–Crippen MR) is 92.8 cm³/mol. The molecule has 1 N–H and O–H groups in total. The van der Waals surface area contributed by atoms with Crippen molar-refractivity contribution in [3.8, 4) is 0 Å². The number of benzene rings is 2. The number of anilines is 2. The highest BCUT2D eigenvalue weighted by Gasteiger charge is 2.31. The minimum Gasteiger partial charge on any atom is -0.324 e. The summed E-state index contributed by atoms with van der Waals surface area (Å²) < 4.78 is 51.5. The lowest BCUT2D eigenvalue weighted by Crippen LogP contribution is -2.47. The third kappa shape index (κ3) is 4.76. The van der Waals surface area contributed by atoms with Gasteiger partial charge >= 0.3 is 0 Å². The van der Waals surface area contributed by atoms with E-state index in [1.165, 1.54) is 36.4 Å². The van der Waals surface area contributed by atoms with Gasteiger partial charge in [0.15, 0.2) is 0 Å². The number of hydrogen-bond acceptors (Lipinski definition) is 3. The molecule has 134 valence electrons. The second-order valence-corrected chi connectivity index (χ2v) is 7.31.